The van der Waals surface area contributed by atoms with Gasteiger partial charge in [-0.05, 0) is 18.2 Å². The lowest BCUT2D eigenvalue weighted by atomic mass is 10.3. The molecule has 22 heavy (non-hydrogen) atoms. The number of benzene rings is 1. The Labute approximate surface area is 133 Å². The maximum Gasteiger partial charge on any atom is 0.328 e. The fourth-order valence-electron chi connectivity index (χ4n) is 1.52. The van der Waals surface area contributed by atoms with Crippen molar-refractivity contribution in [3.05, 3.63) is 36.9 Å². The van der Waals surface area contributed by atoms with Crippen LogP contribution in [0, 0.1) is 0 Å². The van der Waals surface area contributed by atoms with E-state index >= 15 is 0 Å². The zero-order valence-electron chi connectivity index (χ0n) is 12.3. The lowest BCUT2D eigenvalue weighted by molar-refractivity contribution is -0.143. The number of carboxylic acid groups (broad SMARTS) is 1. The van der Waals surface area contributed by atoms with Crippen LogP contribution in [-0.4, -0.2) is 49.1 Å². The second-order valence-electron chi connectivity index (χ2n) is 4.25. The van der Waals surface area contributed by atoms with Crippen LogP contribution in [0.15, 0.2) is 41.8 Å². The molecule has 1 aromatic rings. The summed E-state index contributed by atoms with van der Waals surface area (Å²) in [5, 5.41) is 11.5. The molecule has 6 nitrogen and oxygen atoms in total. The summed E-state index contributed by atoms with van der Waals surface area (Å²) < 4.78 is 10.2. The molecule has 0 heterocycles. The number of ether oxygens (including phenoxy) is 2. The first-order valence-corrected chi connectivity index (χ1v) is 7.53. The molecule has 1 amide bonds. The molecular formula is C15H19NO5S. The third kappa shape index (κ3) is 6.64. The van der Waals surface area contributed by atoms with Crippen molar-refractivity contribution in [1.29, 1.82) is 0 Å². The van der Waals surface area contributed by atoms with Gasteiger partial charge in [0.2, 0.25) is 5.91 Å². The summed E-state index contributed by atoms with van der Waals surface area (Å²) in [7, 11) is 1.57. The fraction of sp³-hybridized carbons (Fsp3) is 0.333. The number of methoxy groups -OCH3 is 1. The molecule has 7 heteroatoms. The number of hydrogen-bond acceptors (Lipinski definition) is 5. The standard InChI is InChI=1S/C15H19NO5S/c1-3-7-21-9-13(15(18)19)16-14(17)10-22-12-6-4-5-11(8-12)20-2/h3-6,8,13H,1,7,9-10H2,2H3,(H,16,17)(H,18,19). The van der Waals surface area contributed by atoms with E-state index in [2.05, 4.69) is 11.9 Å². The Kier molecular flexibility index (Phi) is 8.09. The number of nitrogens with one attached hydrogen (secondary N) is 1. The maximum atomic E-state index is 11.8. The van der Waals surface area contributed by atoms with E-state index in [1.54, 1.807) is 13.2 Å². The smallest absolute Gasteiger partial charge is 0.328 e. The van der Waals surface area contributed by atoms with Gasteiger partial charge in [0, 0.05) is 4.90 Å². The molecular weight excluding hydrogens is 306 g/mol. The molecule has 2 N–H and O–H groups in total. The second kappa shape index (κ2) is 9.86. The fourth-order valence-corrected chi connectivity index (χ4v) is 2.28. The first-order valence-electron chi connectivity index (χ1n) is 6.54. The molecule has 0 spiro atoms. The highest BCUT2D eigenvalue weighted by molar-refractivity contribution is 8.00. The first-order chi connectivity index (χ1) is 10.6. The summed E-state index contributed by atoms with van der Waals surface area (Å²) in [5.74, 6) is -0.698. The number of carbonyl (C=O) groups is 2. The predicted molar refractivity (Wildman–Crippen MR) is 84.3 cm³/mol. The topological polar surface area (TPSA) is 84.9 Å². The van der Waals surface area contributed by atoms with E-state index in [0.717, 1.165) is 4.90 Å². The molecule has 0 aliphatic heterocycles. The number of carbonyl (C=O) groups excluding carboxylic acids is 1. The van der Waals surface area contributed by atoms with Gasteiger partial charge in [-0.15, -0.1) is 18.3 Å². The summed E-state index contributed by atoms with van der Waals surface area (Å²) in [6.07, 6.45) is 1.51. The predicted octanol–water partition coefficient (Wildman–Crippen LogP) is 1.56. The van der Waals surface area contributed by atoms with E-state index in [1.807, 2.05) is 18.2 Å². The minimum absolute atomic E-state index is 0.100. The van der Waals surface area contributed by atoms with Crippen molar-refractivity contribution in [2.75, 3.05) is 26.1 Å². The molecule has 0 radical (unpaired) electrons. The van der Waals surface area contributed by atoms with Crippen LogP contribution in [0.25, 0.3) is 0 Å². The zero-order chi connectivity index (χ0) is 16.4. The Bertz CT molecular complexity index is 520. The van der Waals surface area contributed by atoms with Crippen molar-refractivity contribution >= 4 is 23.6 Å². The lowest BCUT2D eigenvalue weighted by Crippen LogP contribution is -2.44. The molecule has 1 rings (SSSR count). The normalized spacial score (nSPS) is 11.5. The first kappa shape index (κ1) is 18.1. The van der Waals surface area contributed by atoms with Crippen LogP contribution in [0.1, 0.15) is 0 Å². The van der Waals surface area contributed by atoms with E-state index in [0.29, 0.717) is 5.75 Å². The van der Waals surface area contributed by atoms with E-state index in [1.165, 1.54) is 17.8 Å². The van der Waals surface area contributed by atoms with Gasteiger partial charge in [-0.3, -0.25) is 4.79 Å². The summed E-state index contributed by atoms with van der Waals surface area (Å²) in [6, 6.07) is 6.21. The van der Waals surface area contributed by atoms with Crippen LogP contribution in [-0.2, 0) is 14.3 Å². The van der Waals surface area contributed by atoms with Crippen LogP contribution < -0.4 is 10.1 Å². The Hall–Kier alpha value is -1.99. The van der Waals surface area contributed by atoms with Gasteiger partial charge in [0.15, 0.2) is 6.04 Å². The number of aliphatic carboxylic acids is 1. The summed E-state index contributed by atoms with van der Waals surface area (Å²) in [5.41, 5.74) is 0. The van der Waals surface area contributed by atoms with Crippen molar-refractivity contribution in [2.24, 2.45) is 0 Å². The number of carboxylic acids is 1. The monoisotopic (exact) mass is 325 g/mol. The molecule has 1 atom stereocenters. The molecule has 0 fully saturated rings. The molecule has 0 saturated carbocycles. The lowest BCUT2D eigenvalue weighted by Gasteiger charge is -2.14. The molecule has 0 saturated heterocycles. The highest BCUT2D eigenvalue weighted by Crippen LogP contribution is 2.22. The van der Waals surface area contributed by atoms with Crippen LogP contribution in [0.2, 0.25) is 0 Å². The minimum atomic E-state index is -1.14. The van der Waals surface area contributed by atoms with Gasteiger partial charge in [-0.1, -0.05) is 12.1 Å². The Morgan fingerprint density at radius 3 is 2.91 bits per heavy atom. The van der Waals surface area contributed by atoms with Crippen molar-refractivity contribution in [1.82, 2.24) is 5.32 Å². The largest absolute Gasteiger partial charge is 0.497 e. The van der Waals surface area contributed by atoms with Gasteiger partial charge < -0.3 is 19.9 Å². The van der Waals surface area contributed by atoms with Crippen molar-refractivity contribution in [3.8, 4) is 5.75 Å². The highest BCUT2D eigenvalue weighted by atomic mass is 32.2. The van der Waals surface area contributed by atoms with Crippen molar-refractivity contribution in [2.45, 2.75) is 10.9 Å². The van der Waals surface area contributed by atoms with Crippen LogP contribution in [0.3, 0.4) is 0 Å². The van der Waals surface area contributed by atoms with Gasteiger partial charge >= 0.3 is 5.97 Å². The van der Waals surface area contributed by atoms with Crippen LogP contribution in [0.4, 0.5) is 0 Å². The Morgan fingerprint density at radius 2 is 2.27 bits per heavy atom. The van der Waals surface area contributed by atoms with E-state index in [4.69, 9.17) is 14.6 Å². The highest BCUT2D eigenvalue weighted by Gasteiger charge is 2.19. The quantitative estimate of drug-likeness (QED) is 0.386. The molecule has 1 aromatic carbocycles. The van der Waals surface area contributed by atoms with Gasteiger partial charge in [0.25, 0.3) is 0 Å². The number of thioether (sulfide) groups is 1. The maximum absolute atomic E-state index is 11.8. The number of amides is 1. The summed E-state index contributed by atoms with van der Waals surface area (Å²) in [6.45, 7) is 3.60. The average Bonchev–Trinajstić information content (AvgIpc) is 2.52. The van der Waals surface area contributed by atoms with Crippen LogP contribution >= 0.6 is 11.8 Å². The average molecular weight is 325 g/mol. The third-order valence-corrected chi connectivity index (χ3v) is 3.56. The molecule has 1 unspecified atom stereocenters. The van der Waals surface area contributed by atoms with E-state index in [-0.39, 0.29) is 24.9 Å². The molecule has 0 aliphatic carbocycles. The van der Waals surface area contributed by atoms with Crippen LogP contribution in [0.5, 0.6) is 5.75 Å². The van der Waals surface area contributed by atoms with E-state index in [9.17, 15) is 9.59 Å². The Morgan fingerprint density at radius 1 is 1.50 bits per heavy atom. The van der Waals surface area contributed by atoms with Gasteiger partial charge in [0.05, 0.1) is 26.1 Å². The van der Waals surface area contributed by atoms with Gasteiger partial charge in [-0.2, -0.15) is 0 Å². The van der Waals surface area contributed by atoms with Gasteiger partial charge in [0.1, 0.15) is 5.75 Å². The van der Waals surface area contributed by atoms with Crippen molar-refractivity contribution in [3.63, 3.8) is 0 Å². The summed E-state index contributed by atoms with van der Waals surface area (Å²) >= 11 is 1.30. The van der Waals surface area contributed by atoms with E-state index < -0.39 is 12.0 Å². The molecule has 0 bridgehead atoms. The molecule has 0 aliphatic rings. The molecule has 120 valence electrons. The van der Waals surface area contributed by atoms with Gasteiger partial charge in [-0.25, -0.2) is 4.79 Å². The minimum Gasteiger partial charge on any atom is -0.497 e. The zero-order valence-corrected chi connectivity index (χ0v) is 13.1. The third-order valence-electron chi connectivity index (χ3n) is 2.56. The summed E-state index contributed by atoms with van der Waals surface area (Å²) in [4.78, 5) is 23.7. The molecule has 0 aromatic heterocycles. The van der Waals surface area contributed by atoms with Crippen molar-refractivity contribution < 1.29 is 24.2 Å². The number of rotatable bonds is 10. The number of hydrogen-bond donors (Lipinski definition) is 2. The second-order valence-corrected chi connectivity index (χ2v) is 5.30. The SMILES string of the molecule is C=CCOCC(NC(=O)CSc1cccc(OC)c1)C(=O)O. The Balaban J connectivity index is 2.45.